The molecule has 0 aliphatic carbocycles. The van der Waals surface area contributed by atoms with Crippen molar-refractivity contribution in [1.29, 1.82) is 0 Å². The Morgan fingerprint density at radius 2 is 2.04 bits per heavy atom. The molecule has 0 radical (unpaired) electrons. The second-order valence-electron chi connectivity index (χ2n) is 7.95. The van der Waals surface area contributed by atoms with E-state index in [-0.39, 0.29) is 33.5 Å². The molecule has 1 aliphatic rings. The van der Waals surface area contributed by atoms with Gasteiger partial charge in [-0.2, -0.15) is 0 Å². The summed E-state index contributed by atoms with van der Waals surface area (Å²) in [6.07, 6.45) is 1.65. The zero-order chi connectivity index (χ0) is 18.3. The van der Waals surface area contributed by atoms with Crippen molar-refractivity contribution in [3.63, 3.8) is 0 Å². The van der Waals surface area contributed by atoms with E-state index >= 15 is 0 Å². The number of β-lactam (4-membered cyclic amide) rings is 1. The lowest BCUT2D eigenvalue weighted by Crippen LogP contribution is -2.62. The molecule has 0 unspecified atom stereocenters. The van der Waals surface area contributed by atoms with Gasteiger partial charge in [0, 0.05) is 13.2 Å². The first-order chi connectivity index (χ1) is 10.9. The van der Waals surface area contributed by atoms with E-state index in [1.807, 2.05) is 26.2 Å². The second-order valence-corrected chi connectivity index (χ2v) is 13.8. The fourth-order valence-electron chi connectivity index (χ4n) is 2.49. The number of hydrogen-bond donors (Lipinski definition) is 1. The second kappa shape index (κ2) is 6.69. The molecule has 1 saturated heterocycles. The maximum Gasteiger partial charge on any atom is 0.237 e. The highest BCUT2D eigenvalue weighted by Crippen LogP contribution is 2.40. The Labute approximate surface area is 149 Å². The van der Waals surface area contributed by atoms with Crippen LogP contribution in [0.3, 0.4) is 0 Å². The maximum absolute atomic E-state index is 12.4. The average molecular weight is 369 g/mol. The summed E-state index contributed by atoms with van der Waals surface area (Å²) in [4.78, 5) is 24.5. The first-order valence-electron chi connectivity index (χ1n) is 8.24. The molecule has 5 nitrogen and oxygen atoms in total. The van der Waals surface area contributed by atoms with Crippen LogP contribution in [0.2, 0.25) is 18.1 Å². The van der Waals surface area contributed by atoms with Crippen molar-refractivity contribution >= 4 is 31.1 Å². The summed E-state index contributed by atoms with van der Waals surface area (Å²) >= 11 is 1.18. The van der Waals surface area contributed by atoms with Gasteiger partial charge in [0.1, 0.15) is 0 Å². The number of thioether (sulfide) groups is 1. The smallest absolute Gasteiger partial charge is 0.237 e. The lowest BCUT2D eigenvalue weighted by atomic mass is 9.96. The van der Waals surface area contributed by atoms with Crippen LogP contribution in [0.25, 0.3) is 0 Å². The van der Waals surface area contributed by atoms with Gasteiger partial charge in [-0.1, -0.05) is 32.5 Å². The van der Waals surface area contributed by atoms with Crippen LogP contribution in [0.15, 0.2) is 18.3 Å². The van der Waals surface area contributed by atoms with Crippen LogP contribution >= 0.6 is 11.8 Å². The van der Waals surface area contributed by atoms with Crippen LogP contribution in [0, 0.1) is 5.92 Å². The van der Waals surface area contributed by atoms with Crippen molar-refractivity contribution in [2.75, 3.05) is 0 Å². The van der Waals surface area contributed by atoms with Crippen molar-refractivity contribution in [1.82, 2.24) is 9.88 Å². The van der Waals surface area contributed by atoms with Gasteiger partial charge in [0.25, 0.3) is 0 Å². The fraction of sp³-hybridized carbons (Fsp3) is 0.647. The highest BCUT2D eigenvalue weighted by Gasteiger charge is 2.48. The van der Waals surface area contributed by atoms with E-state index in [2.05, 4.69) is 39.2 Å². The van der Waals surface area contributed by atoms with Gasteiger partial charge in [-0.05, 0) is 37.2 Å². The summed E-state index contributed by atoms with van der Waals surface area (Å²) in [5.74, 6) is -0.313. The Morgan fingerprint density at radius 1 is 1.42 bits per heavy atom. The van der Waals surface area contributed by atoms with E-state index in [9.17, 15) is 9.59 Å². The Hall–Kier alpha value is -1.05. The van der Waals surface area contributed by atoms with E-state index in [4.69, 9.17) is 4.43 Å². The molecule has 0 spiro atoms. The molecule has 1 aromatic rings. The van der Waals surface area contributed by atoms with Gasteiger partial charge in [0.15, 0.2) is 8.32 Å². The molecule has 2 heterocycles. The van der Waals surface area contributed by atoms with Gasteiger partial charge in [-0.25, -0.2) is 0 Å². The molecule has 2 rings (SSSR count). The summed E-state index contributed by atoms with van der Waals surface area (Å²) < 4.78 is 8.14. The molecule has 1 fully saturated rings. The summed E-state index contributed by atoms with van der Waals surface area (Å²) in [5.41, 5.74) is 0.637. The molecule has 0 saturated carbocycles. The van der Waals surface area contributed by atoms with Gasteiger partial charge in [-0.15, -0.1) is 0 Å². The number of rotatable bonds is 5. The van der Waals surface area contributed by atoms with Crippen molar-refractivity contribution in [3.05, 3.63) is 24.0 Å². The standard InChI is InChI=1S/C17H28N2O3SSi/c1-11(22-24(6,7)17(2,3)4)13-14(20)18-15(13)23-16(21)12-9-8-10-19(12)5/h8-11,13,15H,1-7H3,(H,18,20)/t11-,13+,15-/m1/s1. The van der Waals surface area contributed by atoms with Gasteiger partial charge < -0.3 is 14.3 Å². The number of aryl methyl sites for hydroxylation is 1. The lowest BCUT2D eigenvalue weighted by molar-refractivity contribution is -0.136. The van der Waals surface area contributed by atoms with Gasteiger partial charge in [0.05, 0.1) is 23.1 Å². The van der Waals surface area contributed by atoms with Crippen molar-refractivity contribution < 1.29 is 14.0 Å². The maximum atomic E-state index is 12.4. The Morgan fingerprint density at radius 3 is 2.50 bits per heavy atom. The van der Waals surface area contributed by atoms with Crippen LogP contribution in [0.4, 0.5) is 0 Å². The predicted molar refractivity (Wildman–Crippen MR) is 100 cm³/mol. The van der Waals surface area contributed by atoms with E-state index < -0.39 is 8.32 Å². The van der Waals surface area contributed by atoms with Crippen LogP contribution in [0.1, 0.15) is 38.2 Å². The highest BCUT2D eigenvalue weighted by atomic mass is 32.2. The normalized spacial score (nSPS) is 22.7. The van der Waals surface area contributed by atoms with Crippen molar-refractivity contribution in [2.24, 2.45) is 13.0 Å². The molecule has 1 N–H and O–H groups in total. The molecule has 7 heteroatoms. The molecule has 0 bridgehead atoms. The largest absolute Gasteiger partial charge is 0.413 e. The number of carbonyl (C=O) groups excluding carboxylic acids is 2. The molecule has 24 heavy (non-hydrogen) atoms. The van der Waals surface area contributed by atoms with Crippen molar-refractivity contribution in [2.45, 2.75) is 57.3 Å². The number of aromatic nitrogens is 1. The SMILES string of the molecule is C[C@@H](O[Si](C)(C)C(C)(C)C)[C@H]1C(=O)N[C@@H]1SC(=O)c1cccn1C. The topological polar surface area (TPSA) is 60.3 Å². The molecular formula is C17H28N2O3SSi. The summed E-state index contributed by atoms with van der Waals surface area (Å²) in [6.45, 7) is 12.8. The molecule has 0 aromatic carbocycles. The summed E-state index contributed by atoms with van der Waals surface area (Å²) in [5, 5.41) is 2.67. The summed E-state index contributed by atoms with van der Waals surface area (Å²) in [7, 11) is -0.112. The number of carbonyl (C=O) groups is 2. The van der Waals surface area contributed by atoms with Crippen LogP contribution in [-0.4, -0.2) is 35.4 Å². The molecule has 1 aliphatic heterocycles. The van der Waals surface area contributed by atoms with Gasteiger partial charge in [-0.3, -0.25) is 9.59 Å². The zero-order valence-corrected chi connectivity index (χ0v) is 17.4. The average Bonchev–Trinajstić information content (AvgIpc) is 2.81. The molecule has 1 aromatic heterocycles. The predicted octanol–water partition coefficient (Wildman–Crippen LogP) is 3.38. The van der Waals surface area contributed by atoms with Crippen LogP contribution < -0.4 is 5.32 Å². The minimum absolute atomic E-state index is 0.0293. The Balaban J connectivity index is 2.03. The minimum Gasteiger partial charge on any atom is -0.413 e. The van der Waals surface area contributed by atoms with Gasteiger partial charge >= 0.3 is 0 Å². The molecule has 1 amide bonds. The molecule has 134 valence electrons. The molecular weight excluding hydrogens is 340 g/mol. The van der Waals surface area contributed by atoms with E-state index in [0.29, 0.717) is 5.69 Å². The van der Waals surface area contributed by atoms with Crippen LogP contribution in [-0.2, 0) is 16.3 Å². The van der Waals surface area contributed by atoms with E-state index in [1.165, 1.54) is 11.8 Å². The third-order valence-corrected chi connectivity index (χ3v) is 10.8. The Kier molecular flexibility index (Phi) is 5.37. The third kappa shape index (κ3) is 3.78. The van der Waals surface area contributed by atoms with Gasteiger partial charge in [0.2, 0.25) is 11.0 Å². The summed E-state index contributed by atoms with van der Waals surface area (Å²) in [6, 6.07) is 3.63. The Bertz CT molecular complexity index is 636. The number of nitrogens with zero attached hydrogens (tertiary/aromatic N) is 1. The lowest BCUT2D eigenvalue weighted by Gasteiger charge is -2.44. The first-order valence-corrected chi connectivity index (χ1v) is 12.0. The fourth-order valence-corrected chi connectivity index (χ4v) is 5.15. The number of hydrogen-bond acceptors (Lipinski definition) is 4. The third-order valence-electron chi connectivity index (χ3n) is 5.09. The van der Waals surface area contributed by atoms with Crippen molar-refractivity contribution in [3.8, 4) is 0 Å². The minimum atomic E-state index is -1.95. The van der Waals surface area contributed by atoms with E-state index in [0.717, 1.165) is 0 Å². The first kappa shape index (κ1) is 19.3. The quantitative estimate of drug-likeness (QED) is 0.639. The van der Waals surface area contributed by atoms with E-state index in [1.54, 1.807) is 10.6 Å². The monoisotopic (exact) mass is 368 g/mol. The number of amides is 1. The number of nitrogens with one attached hydrogen (secondary N) is 1. The zero-order valence-electron chi connectivity index (χ0n) is 15.5. The molecule has 3 atom stereocenters. The van der Waals surface area contributed by atoms with Crippen LogP contribution in [0.5, 0.6) is 0 Å². The highest BCUT2D eigenvalue weighted by molar-refractivity contribution is 8.14.